The topological polar surface area (TPSA) is 121 Å². The molecule has 29 heavy (non-hydrogen) atoms. The molecule has 0 radical (unpaired) electrons. The molecule has 2 rings (SSSR count). The molecule has 2 aromatic rings. The number of nitro groups is 1. The molecule has 0 fully saturated rings. The van der Waals surface area contributed by atoms with Crippen LogP contribution in [0.25, 0.3) is 0 Å². The van der Waals surface area contributed by atoms with Crippen LogP contribution in [0.2, 0.25) is 0 Å². The Morgan fingerprint density at radius 2 is 1.76 bits per heavy atom. The maximum Gasteiger partial charge on any atom is 0.338 e. The van der Waals surface area contributed by atoms with E-state index < -0.39 is 37.9 Å². The fraction of sp³-hybridized carbons (Fsp3) is 0.300. The van der Waals surface area contributed by atoms with Gasteiger partial charge in [0, 0.05) is 17.9 Å². The Labute approximate surface area is 168 Å². The number of Topliss-reactive ketones (excluding diaryl/α,β-unsaturated/α-hetero) is 1. The molecule has 0 amide bonds. The Hall–Kier alpha value is -3.07. The van der Waals surface area contributed by atoms with Crippen molar-refractivity contribution in [2.45, 2.75) is 31.6 Å². The van der Waals surface area contributed by atoms with Gasteiger partial charge in [-0.25, -0.2) is 13.2 Å². The van der Waals surface area contributed by atoms with Gasteiger partial charge >= 0.3 is 5.97 Å². The van der Waals surface area contributed by atoms with Gasteiger partial charge in [0.2, 0.25) is 5.78 Å². The molecule has 0 N–H and O–H groups in total. The molecule has 8 nitrogen and oxygen atoms in total. The Morgan fingerprint density at radius 3 is 2.31 bits per heavy atom. The summed E-state index contributed by atoms with van der Waals surface area (Å²) in [5.41, 5.74) is 1.34. The lowest BCUT2D eigenvalue weighted by molar-refractivity contribution is -0.387. The van der Waals surface area contributed by atoms with Crippen molar-refractivity contribution in [3.05, 3.63) is 68.8 Å². The number of sulfone groups is 1. The number of esters is 1. The number of carbonyl (C=O) groups excluding carboxylic acids is 2. The minimum Gasteiger partial charge on any atom is -0.454 e. The first-order chi connectivity index (χ1) is 13.6. The maximum absolute atomic E-state index is 12.5. The van der Waals surface area contributed by atoms with E-state index in [2.05, 4.69) is 0 Å². The summed E-state index contributed by atoms with van der Waals surface area (Å²) in [5, 5.41) is 11.2. The van der Waals surface area contributed by atoms with Gasteiger partial charge in [-0.05, 0) is 42.2 Å². The number of rotatable bonds is 8. The van der Waals surface area contributed by atoms with Gasteiger partial charge in [0.05, 0.1) is 10.5 Å². The summed E-state index contributed by atoms with van der Waals surface area (Å²) in [6.07, 6.45) is 2.22. The van der Waals surface area contributed by atoms with E-state index in [9.17, 15) is 28.1 Å². The van der Waals surface area contributed by atoms with Gasteiger partial charge in [0.15, 0.2) is 16.4 Å². The number of ether oxygens (including phenoxy) is 1. The maximum atomic E-state index is 12.5. The van der Waals surface area contributed by atoms with Gasteiger partial charge in [0.1, 0.15) is 4.90 Å². The molecule has 154 valence electrons. The minimum absolute atomic E-state index is 0.213. The zero-order valence-electron chi connectivity index (χ0n) is 16.3. The first-order valence-electron chi connectivity index (χ1n) is 8.89. The van der Waals surface area contributed by atoms with Crippen molar-refractivity contribution < 1.29 is 27.7 Å². The molecule has 0 aliphatic heterocycles. The molecule has 0 spiro atoms. The van der Waals surface area contributed by atoms with Gasteiger partial charge in [0.25, 0.3) is 5.69 Å². The zero-order valence-corrected chi connectivity index (χ0v) is 17.1. The number of benzene rings is 2. The molecule has 0 heterocycles. The van der Waals surface area contributed by atoms with E-state index in [1.165, 1.54) is 0 Å². The van der Waals surface area contributed by atoms with Gasteiger partial charge in [-0.2, -0.15) is 0 Å². The molecule has 9 heteroatoms. The van der Waals surface area contributed by atoms with Gasteiger partial charge in [-0.15, -0.1) is 0 Å². The van der Waals surface area contributed by atoms with E-state index in [0.29, 0.717) is 12.0 Å². The number of carbonyl (C=O) groups is 2. The Kier molecular flexibility index (Phi) is 6.86. The summed E-state index contributed by atoms with van der Waals surface area (Å²) in [7, 11) is -3.84. The van der Waals surface area contributed by atoms with E-state index in [1.54, 1.807) is 6.07 Å². The standard InChI is InChI=1S/C20H21NO7S/c1-4-13-6-7-14(5-2)16(10-13)18(22)12-28-20(23)15-8-9-19(29(3,26)27)17(11-15)21(24)25/h6-11H,4-5,12H2,1-3H3. The smallest absolute Gasteiger partial charge is 0.338 e. The van der Waals surface area contributed by atoms with Crippen LogP contribution in [0.15, 0.2) is 41.3 Å². The lowest BCUT2D eigenvalue weighted by atomic mass is 9.98. The summed E-state index contributed by atoms with van der Waals surface area (Å²) in [6.45, 7) is 3.34. The quantitative estimate of drug-likeness (QED) is 0.279. The van der Waals surface area contributed by atoms with E-state index in [-0.39, 0.29) is 11.3 Å². The highest BCUT2D eigenvalue weighted by Crippen LogP contribution is 2.25. The average molecular weight is 419 g/mol. The second-order valence-corrected chi connectivity index (χ2v) is 8.39. The lowest BCUT2D eigenvalue weighted by Gasteiger charge is -2.10. The van der Waals surface area contributed by atoms with Crippen LogP contribution in [0.5, 0.6) is 0 Å². The van der Waals surface area contributed by atoms with Crippen LogP contribution in [-0.4, -0.2) is 38.0 Å². The van der Waals surface area contributed by atoms with Crippen molar-refractivity contribution in [2.24, 2.45) is 0 Å². The number of aryl methyl sites for hydroxylation is 2. The van der Waals surface area contributed by atoms with Crippen LogP contribution in [0.3, 0.4) is 0 Å². The summed E-state index contributed by atoms with van der Waals surface area (Å²) in [5.74, 6) is -1.33. The van der Waals surface area contributed by atoms with Crippen LogP contribution in [0.1, 0.15) is 45.7 Å². The first-order valence-corrected chi connectivity index (χ1v) is 10.8. The number of nitro benzene ring substituents is 1. The van der Waals surface area contributed by atoms with Crippen LogP contribution in [0, 0.1) is 10.1 Å². The van der Waals surface area contributed by atoms with Crippen molar-refractivity contribution in [1.82, 2.24) is 0 Å². The highest BCUT2D eigenvalue weighted by atomic mass is 32.2. The molecule has 0 saturated carbocycles. The predicted molar refractivity (Wildman–Crippen MR) is 106 cm³/mol. The number of hydrogen-bond acceptors (Lipinski definition) is 7. The average Bonchev–Trinajstić information content (AvgIpc) is 2.69. The third-order valence-corrected chi connectivity index (χ3v) is 5.53. The Morgan fingerprint density at radius 1 is 1.07 bits per heavy atom. The Bertz CT molecular complexity index is 1070. The molecular formula is C20H21NO7S. The normalized spacial score (nSPS) is 11.1. The van der Waals surface area contributed by atoms with Gasteiger partial charge in [-0.3, -0.25) is 14.9 Å². The molecule has 0 aliphatic rings. The molecule has 0 bridgehead atoms. The summed E-state index contributed by atoms with van der Waals surface area (Å²) >= 11 is 0. The molecule has 0 atom stereocenters. The van der Waals surface area contributed by atoms with Crippen molar-refractivity contribution in [1.29, 1.82) is 0 Å². The highest BCUT2D eigenvalue weighted by molar-refractivity contribution is 7.90. The van der Waals surface area contributed by atoms with Crippen molar-refractivity contribution in [3.63, 3.8) is 0 Å². The van der Waals surface area contributed by atoms with Crippen molar-refractivity contribution in [3.8, 4) is 0 Å². The van der Waals surface area contributed by atoms with E-state index in [4.69, 9.17) is 4.74 Å². The van der Waals surface area contributed by atoms with Gasteiger partial charge in [-0.1, -0.05) is 26.0 Å². The lowest BCUT2D eigenvalue weighted by Crippen LogP contribution is -2.16. The predicted octanol–water partition coefficient (Wildman–Crippen LogP) is 3.16. The first kappa shape index (κ1) is 22.2. The molecule has 2 aromatic carbocycles. The molecular weight excluding hydrogens is 398 g/mol. The van der Waals surface area contributed by atoms with Crippen LogP contribution < -0.4 is 0 Å². The Balaban J connectivity index is 2.22. The van der Waals surface area contributed by atoms with Crippen molar-refractivity contribution >= 4 is 27.3 Å². The highest BCUT2D eigenvalue weighted by Gasteiger charge is 2.25. The minimum atomic E-state index is -3.84. The molecule has 0 unspecified atom stereocenters. The fourth-order valence-electron chi connectivity index (χ4n) is 2.80. The zero-order chi connectivity index (χ0) is 21.8. The summed E-state index contributed by atoms with van der Waals surface area (Å²) < 4.78 is 28.3. The number of ketones is 1. The van der Waals surface area contributed by atoms with Crippen LogP contribution in [0.4, 0.5) is 5.69 Å². The second kappa shape index (κ2) is 8.95. The second-order valence-electron chi connectivity index (χ2n) is 6.41. The monoisotopic (exact) mass is 419 g/mol. The van der Waals surface area contributed by atoms with E-state index >= 15 is 0 Å². The van der Waals surface area contributed by atoms with E-state index in [0.717, 1.165) is 42.0 Å². The SMILES string of the molecule is CCc1ccc(CC)c(C(=O)COC(=O)c2ccc(S(C)(=O)=O)c([N+](=O)[O-])c2)c1. The van der Waals surface area contributed by atoms with Crippen LogP contribution >= 0.6 is 0 Å². The summed E-state index contributed by atoms with van der Waals surface area (Å²) in [6, 6.07) is 8.49. The molecule has 0 aliphatic carbocycles. The van der Waals surface area contributed by atoms with Gasteiger partial charge < -0.3 is 4.74 Å². The fourth-order valence-corrected chi connectivity index (χ4v) is 3.63. The molecule has 0 saturated heterocycles. The third kappa shape index (κ3) is 5.26. The summed E-state index contributed by atoms with van der Waals surface area (Å²) in [4.78, 5) is 34.5. The molecule has 0 aromatic heterocycles. The van der Waals surface area contributed by atoms with E-state index in [1.807, 2.05) is 26.0 Å². The number of hydrogen-bond donors (Lipinski definition) is 0. The number of nitrogens with zero attached hydrogens (tertiary/aromatic N) is 1. The van der Waals surface area contributed by atoms with Crippen LogP contribution in [-0.2, 0) is 27.4 Å². The third-order valence-electron chi connectivity index (χ3n) is 4.39. The largest absolute Gasteiger partial charge is 0.454 e. The van der Waals surface area contributed by atoms with Crippen molar-refractivity contribution in [2.75, 3.05) is 12.9 Å².